The molecule has 0 aromatic heterocycles. The van der Waals surface area contributed by atoms with Crippen molar-refractivity contribution < 1.29 is 22.7 Å². The van der Waals surface area contributed by atoms with E-state index < -0.39 is 17.8 Å². The maximum Gasteiger partial charge on any atom is 0.430 e. The SMILES string of the molecule is NC(=CC(=Nc1ccccc1Cl)c1ccc(C(=O)Nc2cccc(OCc3ccccc3)c2)cc1)C(F)(F)F. The number of rotatable bonds is 8. The van der Waals surface area contributed by atoms with Gasteiger partial charge in [0.2, 0.25) is 0 Å². The molecule has 4 aromatic carbocycles. The molecule has 0 aliphatic carbocycles. The fraction of sp³-hybridized carbons (Fsp3) is 0.0667. The van der Waals surface area contributed by atoms with Gasteiger partial charge in [0.15, 0.2) is 0 Å². The number of carbonyl (C=O) groups is 1. The first kappa shape index (κ1) is 27.5. The summed E-state index contributed by atoms with van der Waals surface area (Å²) in [4.78, 5) is 17.1. The summed E-state index contributed by atoms with van der Waals surface area (Å²) in [5, 5.41) is 3.06. The van der Waals surface area contributed by atoms with Crippen molar-refractivity contribution in [1.29, 1.82) is 0 Å². The van der Waals surface area contributed by atoms with Crippen molar-refractivity contribution >= 4 is 34.6 Å². The molecule has 39 heavy (non-hydrogen) atoms. The summed E-state index contributed by atoms with van der Waals surface area (Å²) < 4.78 is 45.2. The third-order valence-electron chi connectivity index (χ3n) is 5.50. The fourth-order valence-corrected chi connectivity index (χ4v) is 3.66. The standard InChI is InChI=1S/C30H23ClF3N3O2/c31-25-11-4-5-12-26(25)37-27(18-28(35)30(32,33)34)21-13-15-22(16-14-21)29(38)36-23-9-6-10-24(17-23)39-19-20-7-2-1-3-8-20/h1-18H,19,35H2,(H,36,38). The van der Waals surface area contributed by atoms with Crippen LogP contribution in [0.3, 0.4) is 0 Å². The van der Waals surface area contributed by atoms with E-state index in [9.17, 15) is 18.0 Å². The van der Waals surface area contributed by atoms with Gasteiger partial charge in [0.25, 0.3) is 5.91 Å². The zero-order chi connectivity index (χ0) is 27.8. The third kappa shape index (κ3) is 7.72. The van der Waals surface area contributed by atoms with E-state index in [-0.39, 0.29) is 16.4 Å². The van der Waals surface area contributed by atoms with E-state index in [2.05, 4.69) is 10.3 Å². The lowest BCUT2D eigenvalue weighted by atomic mass is 10.1. The Kier molecular flexibility index (Phi) is 8.68. The molecule has 4 rings (SSSR count). The van der Waals surface area contributed by atoms with Crippen LogP contribution in [0.25, 0.3) is 0 Å². The first-order valence-corrected chi connectivity index (χ1v) is 12.1. The lowest BCUT2D eigenvalue weighted by Crippen LogP contribution is -2.21. The number of allylic oxidation sites excluding steroid dienone is 2. The quantitative estimate of drug-likeness (QED) is 0.221. The topological polar surface area (TPSA) is 76.7 Å². The Hall–Kier alpha value is -4.56. The van der Waals surface area contributed by atoms with Gasteiger partial charge in [0, 0.05) is 22.9 Å². The molecule has 3 N–H and O–H groups in total. The van der Waals surface area contributed by atoms with Crippen molar-refractivity contribution in [1.82, 2.24) is 0 Å². The summed E-state index contributed by atoms with van der Waals surface area (Å²) in [6.07, 6.45) is -4.00. The van der Waals surface area contributed by atoms with Gasteiger partial charge in [-0.05, 0) is 48.0 Å². The Morgan fingerprint density at radius 3 is 2.26 bits per heavy atom. The number of alkyl halides is 3. The number of para-hydroxylation sites is 1. The molecule has 0 fully saturated rings. The summed E-state index contributed by atoms with van der Waals surface area (Å²) in [6.45, 7) is 0.380. The molecular weight excluding hydrogens is 527 g/mol. The first-order valence-electron chi connectivity index (χ1n) is 11.8. The van der Waals surface area contributed by atoms with Crippen LogP contribution in [0, 0.1) is 0 Å². The van der Waals surface area contributed by atoms with Crippen LogP contribution >= 0.6 is 11.6 Å². The van der Waals surface area contributed by atoms with Crippen LogP contribution in [0.1, 0.15) is 21.5 Å². The summed E-state index contributed by atoms with van der Waals surface area (Å²) in [5.74, 6) is 0.179. The molecule has 0 radical (unpaired) electrons. The number of nitrogens with two attached hydrogens (primary N) is 1. The van der Waals surface area contributed by atoms with Crippen LogP contribution < -0.4 is 15.8 Å². The van der Waals surface area contributed by atoms with E-state index in [0.29, 0.717) is 29.2 Å². The third-order valence-corrected chi connectivity index (χ3v) is 5.82. The second-order valence-corrected chi connectivity index (χ2v) is 8.79. The fourth-order valence-electron chi connectivity index (χ4n) is 3.48. The number of halogens is 4. The van der Waals surface area contributed by atoms with Crippen molar-refractivity contribution in [3.63, 3.8) is 0 Å². The molecular formula is C30H23ClF3N3O2. The predicted molar refractivity (Wildman–Crippen MR) is 148 cm³/mol. The summed E-state index contributed by atoms with van der Waals surface area (Å²) in [5.41, 5.74) is 6.30. The molecule has 198 valence electrons. The van der Waals surface area contributed by atoms with Crippen LogP contribution in [0.2, 0.25) is 5.02 Å². The molecule has 0 aliphatic rings. The second kappa shape index (κ2) is 12.3. The molecule has 0 heterocycles. The van der Waals surface area contributed by atoms with Crippen molar-refractivity contribution in [2.45, 2.75) is 12.8 Å². The van der Waals surface area contributed by atoms with Crippen molar-refractivity contribution in [3.8, 4) is 5.75 Å². The predicted octanol–water partition coefficient (Wildman–Crippen LogP) is 7.70. The van der Waals surface area contributed by atoms with Gasteiger partial charge in [-0.15, -0.1) is 0 Å². The van der Waals surface area contributed by atoms with Gasteiger partial charge in [0.1, 0.15) is 18.1 Å². The van der Waals surface area contributed by atoms with Crippen LogP contribution in [-0.2, 0) is 6.61 Å². The molecule has 0 saturated heterocycles. The van der Waals surface area contributed by atoms with Crippen molar-refractivity contribution in [3.05, 3.63) is 137 Å². The van der Waals surface area contributed by atoms with Crippen LogP contribution in [0.5, 0.6) is 5.75 Å². The van der Waals surface area contributed by atoms with E-state index >= 15 is 0 Å². The number of nitrogens with zero attached hydrogens (tertiary/aromatic N) is 1. The van der Waals surface area contributed by atoms with Gasteiger partial charge in [-0.2, -0.15) is 13.2 Å². The van der Waals surface area contributed by atoms with Gasteiger partial charge >= 0.3 is 6.18 Å². The van der Waals surface area contributed by atoms with Crippen LogP contribution in [0.4, 0.5) is 24.5 Å². The summed E-state index contributed by atoms with van der Waals surface area (Å²) in [6, 6.07) is 29.1. The number of aliphatic imine (C=N–C) groups is 1. The molecule has 0 aliphatic heterocycles. The molecule has 0 unspecified atom stereocenters. The highest BCUT2D eigenvalue weighted by Gasteiger charge is 2.31. The highest BCUT2D eigenvalue weighted by Crippen LogP contribution is 2.27. The monoisotopic (exact) mass is 549 g/mol. The van der Waals surface area contributed by atoms with Gasteiger partial charge in [-0.3, -0.25) is 4.79 Å². The van der Waals surface area contributed by atoms with Gasteiger partial charge in [-0.25, -0.2) is 4.99 Å². The molecule has 0 spiro atoms. The van der Waals surface area contributed by atoms with Gasteiger partial charge < -0.3 is 15.8 Å². The van der Waals surface area contributed by atoms with E-state index in [1.807, 2.05) is 30.3 Å². The largest absolute Gasteiger partial charge is 0.489 e. The average molecular weight is 550 g/mol. The van der Waals surface area contributed by atoms with Gasteiger partial charge in [-0.1, -0.05) is 72.3 Å². The number of carbonyl (C=O) groups excluding carboxylic acids is 1. The highest BCUT2D eigenvalue weighted by atomic mass is 35.5. The van der Waals surface area contributed by atoms with E-state index in [1.54, 1.807) is 48.5 Å². The normalized spacial score (nSPS) is 12.2. The van der Waals surface area contributed by atoms with Crippen molar-refractivity contribution in [2.75, 3.05) is 5.32 Å². The zero-order valence-corrected chi connectivity index (χ0v) is 21.2. The Labute approximate surface area is 228 Å². The number of hydrogen-bond donors (Lipinski definition) is 2. The number of benzene rings is 4. The molecule has 0 bridgehead atoms. The number of nitrogens with one attached hydrogen (secondary N) is 1. The smallest absolute Gasteiger partial charge is 0.430 e. The summed E-state index contributed by atoms with van der Waals surface area (Å²) >= 11 is 6.14. The molecule has 0 saturated carbocycles. The summed E-state index contributed by atoms with van der Waals surface area (Å²) in [7, 11) is 0. The Balaban J connectivity index is 1.51. The number of amides is 1. The lowest BCUT2D eigenvalue weighted by Gasteiger charge is -2.11. The lowest BCUT2D eigenvalue weighted by molar-refractivity contribution is -0.0925. The molecule has 1 amide bonds. The van der Waals surface area contributed by atoms with E-state index in [1.165, 1.54) is 24.3 Å². The Morgan fingerprint density at radius 2 is 1.56 bits per heavy atom. The van der Waals surface area contributed by atoms with Gasteiger partial charge in [0.05, 0.1) is 16.4 Å². The maximum absolute atomic E-state index is 13.1. The molecule has 5 nitrogen and oxygen atoms in total. The number of ether oxygens (including phenoxy) is 1. The minimum atomic E-state index is -4.74. The minimum Gasteiger partial charge on any atom is -0.489 e. The highest BCUT2D eigenvalue weighted by molar-refractivity contribution is 6.33. The average Bonchev–Trinajstić information content (AvgIpc) is 2.93. The van der Waals surface area contributed by atoms with Crippen molar-refractivity contribution in [2.24, 2.45) is 10.7 Å². The van der Waals surface area contributed by atoms with E-state index in [0.717, 1.165) is 11.6 Å². The second-order valence-electron chi connectivity index (χ2n) is 8.38. The molecule has 0 atom stereocenters. The number of hydrogen-bond acceptors (Lipinski definition) is 4. The first-order chi connectivity index (χ1) is 18.7. The minimum absolute atomic E-state index is 0.0619. The van der Waals surface area contributed by atoms with Crippen LogP contribution in [-0.4, -0.2) is 17.8 Å². The number of anilines is 1. The van der Waals surface area contributed by atoms with E-state index in [4.69, 9.17) is 22.1 Å². The molecule has 4 aromatic rings. The maximum atomic E-state index is 13.1. The zero-order valence-electron chi connectivity index (χ0n) is 20.5. The van der Waals surface area contributed by atoms with Crippen LogP contribution in [0.15, 0.2) is 120 Å². The Morgan fingerprint density at radius 1 is 0.897 bits per heavy atom. The Bertz CT molecular complexity index is 1500. The molecule has 9 heteroatoms.